The Balaban J connectivity index is 2.11. The Hall–Kier alpha value is -1.91. The second-order valence-electron chi connectivity index (χ2n) is 3.25. The number of nitriles is 1. The number of carbonyl (C=O) groups is 1. The molecule has 90 valence electrons. The van der Waals surface area contributed by atoms with E-state index < -0.39 is 5.97 Å². The van der Waals surface area contributed by atoms with Crippen molar-refractivity contribution in [1.82, 2.24) is 9.97 Å². The lowest BCUT2D eigenvalue weighted by molar-refractivity contribution is -0.136. The van der Waals surface area contributed by atoms with Gasteiger partial charge in [0.1, 0.15) is 16.8 Å². The number of aliphatic carboxylic acids is 1. The molecule has 0 aliphatic carbocycles. The van der Waals surface area contributed by atoms with Gasteiger partial charge >= 0.3 is 5.97 Å². The number of carboxylic acids is 1. The Morgan fingerprint density at radius 1 is 1.50 bits per heavy atom. The largest absolute Gasteiger partial charge is 0.481 e. The molecule has 5 nitrogen and oxygen atoms in total. The standard InChI is InChI=1S/C11H7N3O2S2/c12-5-7-2-1-3-9(13-7)18-11-14-8(6-17-11)4-10(15)16/h1-3,6H,4H2,(H,15,16). The average molecular weight is 277 g/mol. The van der Waals surface area contributed by atoms with E-state index in [2.05, 4.69) is 9.97 Å². The van der Waals surface area contributed by atoms with E-state index in [0.717, 1.165) is 0 Å². The third-order valence-electron chi connectivity index (χ3n) is 1.89. The maximum atomic E-state index is 10.5. The number of aromatic nitrogens is 2. The molecule has 2 heterocycles. The van der Waals surface area contributed by atoms with Gasteiger partial charge in [-0.1, -0.05) is 6.07 Å². The molecule has 1 N–H and O–H groups in total. The van der Waals surface area contributed by atoms with Crippen molar-refractivity contribution in [2.45, 2.75) is 15.8 Å². The third-order valence-corrected chi connectivity index (χ3v) is 3.82. The molecule has 2 aromatic rings. The van der Waals surface area contributed by atoms with Crippen molar-refractivity contribution >= 4 is 29.1 Å². The van der Waals surface area contributed by atoms with Gasteiger partial charge in [-0.15, -0.1) is 11.3 Å². The molecule has 0 aromatic carbocycles. The molecule has 0 saturated heterocycles. The zero-order valence-corrected chi connectivity index (χ0v) is 10.7. The summed E-state index contributed by atoms with van der Waals surface area (Å²) in [6.45, 7) is 0. The van der Waals surface area contributed by atoms with E-state index in [9.17, 15) is 4.79 Å². The lowest BCUT2D eigenvalue weighted by Crippen LogP contribution is -1.99. The summed E-state index contributed by atoms with van der Waals surface area (Å²) in [5.41, 5.74) is 0.883. The maximum absolute atomic E-state index is 10.5. The summed E-state index contributed by atoms with van der Waals surface area (Å²) in [5.74, 6) is -0.901. The molecular weight excluding hydrogens is 270 g/mol. The molecule has 18 heavy (non-hydrogen) atoms. The second kappa shape index (κ2) is 5.62. The first-order valence-electron chi connectivity index (χ1n) is 4.88. The van der Waals surface area contributed by atoms with E-state index in [-0.39, 0.29) is 6.42 Å². The van der Waals surface area contributed by atoms with Gasteiger partial charge in [-0.2, -0.15) is 5.26 Å². The smallest absolute Gasteiger partial charge is 0.309 e. The van der Waals surface area contributed by atoms with Gasteiger partial charge in [0.25, 0.3) is 0 Å². The summed E-state index contributed by atoms with van der Waals surface area (Å²) in [5, 5.41) is 19.8. The predicted octanol–water partition coefficient (Wildman–Crippen LogP) is 2.19. The number of nitrogens with zero attached hydrogens (tertiary/aromatic N) is 3. The van der Waals surface area contributed by atoms with Crippen LogP contribution in [0.2, 0.25) is 0 Å². The molecule has 0 unspecified atom stereocenters. The minimum absolute atomic E-state index is 0.0806. The summed E-state index contributed by atoms with van der Waals surface area (Å²) >= 11 is 2.68. The first-order chi connectivity index (χ1) is 8.67. The number of hydrogen-bond donors (Lipinski definition) is 1. The van der Waals surface area contributed by atoms with E-state index >= 15 is 0 Å². The van der Waals surface area contributed by atoms with E-state index in [1.165, 1.54) is 23.1 Å². The fraction of sp³-hybridized carbons (Fsp3) is 0.0909. The van der Waals surface area contributed by atoms with Crippen LogP contribution in [-0.4, -0.2) is 21.0 Å². The van der Waals surface area contributed by atoms with Crippen LogP contribution < -0.4 is 0 Å². The van der Waals surface area contributed by atoms with Gasteiger partial charge in [0, 0.05) is 5.38 Å². The zero-order chi connectivity index (χ0) is 13.0. The number of pyridine rings is 1. The zero-order valence-electron chi connectivity index (χ0n) is 9.03. The van der Waals surface area contributed by atoms with E-state index in [4.69, 9.17) is 10.4 Å². The summed E-state index contributed by atoms with van der Waals surface area (Å²) in [4.78, 5) is 18.8. The summed E-state index contributed by atoms with van der Waals surface area (Å²) in [7, 11) is 0. The van der Waals surface area contributed by atoms with Crippen molar-refractivity contribution in [2.75, 3.05) is 0 Å². The van der Waals surface area contributed by atoms with Crippen LogP contribution in [-0.2, 0) is 11.2 Å². The summed E-state index contributed by atoms with van der Waals surface area (Å²) < 4.78 is 0.717. The second-order valence-corrected chi connectivity index (χ2v) is 5.38. The van der Waals surface area contributed by atoms with Crippen LogP contribution in [0.1, 0.15) is 11.4 Å². The van der Waals surface area contributed by atoms with Crippen molar-refractivity contribution in [1.29, 1.82) is 5.26 Å². The van der Waals surface area contributed by atoms with E-state index in [1.54, 1.807) is 23.6 Å². The molecule has 0 fully saturated rings. The van der Waals surface area contributed by atoms with Gasteiger partial charge in [-0.05, 0) is 23.9 Å². The molecule has 0 amide bonds. The van der Waals surface area contributed by atoms with Crippen LogP contribution in [0.25, 0.3) is 0 Å². The highest BCUT2D eigenvalue weighted by Gasteiger charge is 2.08. The Bertz CT molecular complexity index is 619. The van der Waals surface area contributed by atoms with Crippen molar-refractivity contribution in [3.63, 3.8) is 0 Å². The van der Waals surface area contributed by atoms with Crippen LogP contribution in [0, 0.1) is 11.3 Å². The molecule has 2 aromatic heterocycles. The normalized spacial score (nSPS) is 9.94. The highest BCUT2D eigenvalue weighted by atomic mass is 32.2. The van der Waals surface area contributed by atoms with E-state index in [1.807, 2.05) is 6.07 Å². The number of hydrogen-bond acceptors (Lipinski definition) is 6. The predicted molar refractivity (Wildman–Crippen MR) is 66.5 cm³/mol. The number of rotatable bonds is 4. The minimum Gasteiger partial charge on any atom is -0.481 e. The van der Waals surface area contributed by atoms with Crippen LogP contribution in [0.5, 0.6) is 0 Å². The molecule has 2 rings (SSSR count). The molecule has 0 aliphatic rings. The molecule has 0 spiro atoms. The molecule has 0 radical (unpaired) electrons. The number of carboxylic acid groups (broad SMARTS) is 1. The summed E-state index contributed by atoms with van der Waals surface area (Å²) in [6, 6.07) is 7.12. The first kappa shape index (κ1) is 12.5. The van der Waals surface area contributed by atoms with Crippen molar-refractivity contribution in [3.05, 3.63) is 35.0 Å². The maximum Gasteiger partial charge on any atom is 0.309 e. The first-order valence-corrected chi connectivity index (χ1v) is 6.58. The average Bonchev–Trinajstić information content (AvgIpc) is 2.76. The lowest BCUT2D eigenvalue weighted by atomic mass is 10.3. The van der Waals surface area contributed by atoms with Gasteiger partial charge in [0.2, 0.25) is 0 Å². The Morgan fingerprint density at radius 2 is 2.33 bits per heavy atom. The van der Waals surface area contributed by atoms with Crippen LogP contribution >= 0.6 is 23.1 Å². The topological polar surface area (TPSA) is 86.9 Å². The highest BCUT2D eigenvalue weighted by molar-refractivity contribution is 8.01. The van der Waals surface area contributed by atoms with Crippen molar-refractivity contribution in [2.24, 2.45) is 0 Å². The summed E-state index contributed by atoms with van der Waals surface area (Å²) in [6.07, 6.45) is -0.0806. The molecular formula is C11H7N3O2S2. The molecule has 0 atom stereocenters. The van der Waals surface area contributed by atoms with Gasteiger partial charge in [-0.3, -0.25) is 4.79 Å². The van der Waals surface area contributed by atoms with Crippen molar-refractivity contribution in [3.8, 4) is 6.07 Å². The lowest BCUT2D eigenvalue weighted by Gasteiger charge is -1.96. The highest BCUT2D eigenvalue weighted by Crippen LogP contribution is 2.29. The quantitative estimate of drug-likeness (QED) is 0.921. The van der Waals surface area contributed by atoms with Gasteiger partial charge in [-0.25, -0.2) is 9.97 Å². The Labute approximate surface area is 111 Å². The van der Waals surface area contributed by atoms with Crippen molar-refractivity contribution < 1.29 is 9.90 Å². The Morgan fingerprint density at radius 3 is 3.06 bits per heavy atom. The third kappa shape index (κ3) is 3.29. The number of thiazole rings is 1. The minimum atomic E-state index is -0.901. The molecule has 0 aliphatic heterocycles. The fourth-order valence-electron chi connectivity index (χ4n) is 1.19. The fourth-order valence-corrected chi connectivity index (χ4v) is 2.96. The molecule has 0 saturated carbocycles. The molecule has 7 heteroatoms. The van der Waals surface area contributed by atoms with Gasteiger partial charge in [0.05, 0.1) is 12.1 Å². The van der Waals surface area contributed by atoms with Crippen LogP contribution in [0.4, 0.5) is 0 Å². The monoisotopic (exact) mass is 277 g/mol. The van der Waals surface area contributed by atoms with Crippen LogP contribution in [0.3, 0.4) is 0 Å². The van der Waals surface area contributed by atoms with E-state index in [0.29, 0.717) is 20.8 Å². The van der Waals surface area contributed by atoms with Crippen LogP contribution in [0.15, 0.2) is 32.9 Å². The molecule has 0 bridgehead atoms. The SMILES string of the molecule is N#Cc1cccc(Sc2nc(CC(=O)O)cs2)n1. The van der Waals surface area contributed by atoms with Gasteiger partial charge < -0.3 is 5.11 Å². The van der Waals surface area contributed by atoms with Gasteiger partial charge in [0.15, 0.2) is 4.34 Å². The Kier molecular flexibility index (Phi) is 3.92.